The number of nitrogens with zero attached hydrogens (tertiary/aromatic N) is 1. The van der Waals surface area contributed by atoms with Gasteiger partial charge < -0.3 is 15.3 Å². The predicted molar refractivity (Wildman–Crippen MR) is 66.5 cm³/mol. The fourth-order valence-electron chi connectivity index (χ4n) is 2.03. The highest BCUT2D eigenvalue weighted by Gasteiger charge is 2.17. The first-order valence-electron chi connectivity index (χ1n) is 5.89. The Morgan fingerprint density at radius 3 is 2.88 bits per heavy atom. The Balaban J connectivity index is 2.34. The molecule has 4 heteroatoms. The van der Waals surface area contributed by atoms with Crippen molar-refractivity contribution in [3.8, 4) is 0 Å². The Kier molecular flexibility index (Phi) is 3.45. The molecule has 2 aromatic rings. The fraction of sp³-hybridized carbons (Fsp3) is 0.462. The van der Waals surface area contributed by atoms with Crippen LogP contribution in [0.1, 0.15) is 30.8 Å². The molecule has 0 aliphatic carbocycles. The summed E-state index contributed by atoms with van der Waals surface area (Å²) in [6, 6.07) is 5.61. The van der Waals surface area contributed by atoms with Gasteiger partial charge in [-0.3, -0.25) is 0 Å². The highest BCUT2D eigenvalue weighted by Crippen LogP contribution is 2.25. The summed E-state index contributed by atoms with van der Waals surface area (Å²) in [7, 11) is 0. The number of hydrogen-bond donors (Lipinski definition) is 2. The molecule has 1 aromatic carbocycles. The molecule has 1 aromatic heterocycles. The number of oxazole rings is 1. The lowest BCUT2D eigenvalue weighted by molar-refractivity contribution is 0.200. The number of hydrogen-bond acceptors (Lipinski definition) is 4. The van der Waals surface area contributed by atoms with E-state index < -0.39 is 0 Å². The van der Waals surface area contributed by atoms with Crippen LogP contribution in [0, 0.1) is 12.8 Å². The maximum Gasteiger partial charge on any atom is 0.192 e. The topological polar surface area (TPSA) is 72.3 Å². The van der Waals surface area contributed by atoms with E-state index in [1.54, 1.807) is 0 Å². The van der Waals surface area contributed by atoms with E-state index in [9.17, 15) is 5.11 Å². The van der Waals surface area contributed by atoms with Crippen LogP contribution in [-0.4, -0.2) is 16.7 Å². The minimum absolute atomic E-state index is 0.0801. The van der Waals surface area contributed by atoms with E-state index in [4.69, 9.17) is 10.2 Å². The van der Waals surface area contributed by atoms with Gasteiger partial charge in [-0.1, -0.05) is 13.0 Å². The van der Waals surface area contributed by atoms with Gasteiger partial charge in [0.05, 0.1) is 0 Å². The summed E-state index contributed by atoms with van der Waals surface area (Å²) in [4.78, 5) is 4.24. The number of aliphatic hydroxyl groups excluding tert-OH is 1. The second kappa shape index (κ2) is 4.85. The third-order valence-electron chi connectivity index (χ3n) is 3.17. The summed E-state index contributed by atoms with van der Waals surface area (Å²) in [6.45, 7) is 3.95. The zero-order valence-corrected chi connectivity index (χ0v) is 10.2. The maximum absolute atomic E-state index is 9.26. The van der Waals surface area contributed by atoms with Crippen molar-refractivity contribution < 1.29 is 9.52 Å². The van der Waals surface area contributed by atoms with E-state index in [0.29, 0.717) is 5.89 Å². The van der Waals surface area contributed by atoms with E-state index in [2.05, 4.69) is 4.98 Å². The number of rotatable bonds is 4. The highest BCUT2D eigenvalue weighted by atomic mass is 16.3. The lowest BCUT2D eigenvalue weighted by Crippen LogP contribution is -2.23. The Bertz CT molecular complexity index is 503. The molecular weight excluding hydrogens is 216 g/mol. The van der Waals surface area contributed by atoms with Crippen LogP contribution in [0.5, 0.6) is 0 Å². The zero-order chi connectivity index (χ0) is 12.4. The number of aryl methyl sites for hydroxylation is 1. The largest absolute Gasteiger partial charge is 0.441 e. The zero-order valence-electron chi connectivity index (χ0n) is 10.2. The van der Waals surface area contributed by atoms with E-state index in [1.165, 1.54) is 0 Å². The average molecular weight is 234 g/mol. The van der Waals surface area contributed by atoms with Crippen molar-refractivity contribution in [1.29, 1.82) is 0 Å². The van der Waals surface area contributed by atoms with E-state index in [-0.39, 0.29) is 18.6 Å². The molecule has 0 bridgehead atoms. The molecule has 17 heavy (non-hydrogen) atoms. The van der Waals surface area contributed by atoms with Gasteiger partial charge in [0, 0.05) is 25.5 Å². The summed E-state index contributed by atoms with van der Waals surface area (Å²) >= 11 is 0. The van der Waals surface area contributed by atoms with Gasteiger partial charge in [0.15, 0.2) is 11.5 Å². The summed E-state index contributed by atoms with van der Waals surface area (Å²) in [6.07, 6.45) is 0.852. The monoisotopic (exact) mass is 234 g/mol. The normalized spacial score (nSPS) is 15.1. The molecule has 4 nitrogen and oxygen atoms in total. The van der Waals surface area contributed by atoms with Gasteiger partial charge in [0.25, 0.3) is 0 Å². The highest BCUT2D eigenvalue weighted by molar-refractivity contribution is 5.73. The van der Waals surface area contributed by atoms with Crippen LogP contribution in [0.4, 0.5) is 0 Å². The van der Waals surface area contributed by atoms with Crippen molar-refractivity contribution in [3.63, 3.8) is 0 Å². The number of aliphatic hydroxyl groups is 1. The molecule has 0 spiro atoms. The lowest BCUT2D eigenvalue weighted by atomic mass is 9.92. The molecule has 0 radical (unpaired) electrons. The number of aromatic nitrogens is 1. The standard InChI is InChI=1S/C13H18N2O2/c1-3-9(7-16)13(14)10-4-5-11-12(6-10)17-8(2)15-11/h4-6,9,13,16H,3,7,14H2,1-2H3. The molecular formula is C13H18N2O2. The molecule has 0 saturated carbocycles. The Hall–Kier alpha value is -1.39. The van der Waals surface area contributed by atoms with Crippen LogP contribution in [0.2, 0.25) is 0 Å². The third kappa shape index (κ3) is 2.33. The maximum atomic E-state index is 9.26. The van der Waals surface area contributed by atoms with Gasteiger partial charge in [-0.2, -0.15) is 0 Å². The summed E-state index contributed by atoms with van der Waals surface area (Å²) in [5.74, 6) is 0.733. The first kappa shape index (κ1) is 12.1. The van der Waals surface area contributed by atoms with E-state index >= 15 is 0 Å². The molecule has 2 rings (SSSR count). The van der Waals surface area contributed by atoms with Gasteiger partial charge in [-0.25, -0.2) is 4.98 Å². The summed E-state index contributed by atoms with van der Waals surface area (Å²) < 4.78 is 5.48. The molecule has 0 fully saturated rings. The molecule has 2 atom stereocenters. The van der Waals surface area contributed by atoms with Crippen LogP contribution in [0.3, 0.4) is 0 Å². The molecule has 1 heterocycles. The second-order valence-electron chi connectivity index (χ2n) is 4.34. The van der Waals surface area contributed by atoms with Crippen molar-refractivity contribution in [3.05, 3.63) is 29.7 Å². The molecule has 0 amide bonds. The molecule has 0 aliphatic rings. The number of fused-ring (bicyclic) bond motifs is 1. The van der Waals surface area contributed by atoms with Crippen LogP contribution in [0.25, 0.3) is 11.1 Å². The third-order valence-corrected chi connectivity index (χ3v) is 3.17. The van der Waals surface area contributed by atoms with Crippen LogP contribution in [-0.2, 0) is 0 Å². The first-order chi connectivity index (χ1) is 8.15. The Morgan fingerprint density at radius 1 is 1.47 bits per heavy atom. The molecule has 3 N–H and O–H groups in total. The summed E-state index contributed by atoms with van der Waals surface area (Å²) in [5, 5.41) is 9.26. The Morgan fingerprint density at radius 2 is 2.24 bits per heavy atom. The number of benzene rings is 1. The molecule has 0 aliphatic heterocycles. The average Bonchev–Trinajstić information content (AvgIpc) is 2.69. The second-order valence-corrected chi connectivity index (χ2v) is 4.34. The van der Waals surface area contributed by atoms with E-state index in [0.717, 1.165) is 23.1 Å². The minimum Gasteiger partial charge on any atom is -0.441 e. The van der Waals surface area contributed by atoms with Crippen LogP contribution >= 0.6 is 0 Å². The fourth-order valence-corrected chi connectivity index (χ4v) is 2.03. The molecule has 92 valence electrons. The summed E-state index contributed by atoms with van der Waals surface area (Å²) in [5.41, 5.74) is 8.71. The van der Waals surface area contributed by atoms with Gasteiger partial charge in [0.1, 0.15) is 5.52 Å². The quantitative estimate of drug-likeness (QED) is 0.850. The van der Waals surface area contributed by atoms with Crippen molar-refractivity contribution >= 4 is 11.1 Å². The number of nitrogens with two attached hydrogens (primary N) is 1. The SMILES string of the molecule is CCC(CO)C(N)c1ccc2nc(C)oc2c1. The predicted octanol–water partition coefficient (Wildman–Crippen LogP) is 2.15. The first-order valence-corrected chi connectivity index (χ1v) is 5.89. The smallest absolute Gasteiger partial charge is 0.192 e. The van der Waals surface area contributed by atoms with Crippen molar-refractivity contribution in [1.82, 2.24) is 4.98 Å². The van der Waals surface area contributed by atoms with Crippen molar-refractivity contribution in [2.45, 2.75) is 26.3 Å². The van der Waals surface area contributed by atoms with Crippen LogP contribution < -0.4 is 5.73 Å². The van der Waals surface area contributed by atoms with Crippen molar-refractivity contribution in [2.75, 3.05) is 6.61 Å². The lowest BCUT2D eigenvalue weighted by Gasteiger charge is -2.20. The molecule has 2 unspecified atom stereocenters. The van der Waals surface area contributed by atoms with Gasteiger partial charge >= 0.3 is 0 Å². The van der Waals surface area contributed by atoms with Crippen LogP contribution in [0.15, 0.2) is 22.6 Å². The molecule has 0 saturated heterocycles. The van der Waals surface area contributed by atoms with Gasteiger partial charge in [-0.05, 0) is 24.1 Å². The van der Waals surface area contributed by atoms with Gasteiger partial charge in [-0.15, -0.1) is 0 Å². The van der Waals surface area contributed by atoms with Gasteiger partial charge in [0.2, 0.25) is 0 Å². The van der Waals surface area contributed by atoms with E-state index in [1.807, 2.05) is 32.0 Å². The Labute approximate surface area is 100 Å². The van der Waals surface area contributed by atoms with Crippen molar-refractivity contribution in [2.24, 2.45) is 11.7 Å². The minimum atomic E-state index is -0.167.